The zero-order valence-corrected chi connectivity index (χ0v) is 11.9. The Morgan fingerprint density at radius 1 is 1.42 bits per heavy atom. The van der Waals surface area contributed by atoms with Crippen molar-refractivity contribution >= 4 is 11.6 Å². The molecule has 6 nitrogen and oxygen atoms in total. The minimum absolute atomic E-state index is 0.162. The third-order valence-electron chi connectivity index (χ3n) is 3.11. The van der Waals surface area contributed by atoms with Crippen molar-refractivity contribution in [1.82, 2.24) is 15.1 Å². The van der Waals surface area contributed by atoms with Crippen LogP contribution < -0.4 is 5.73 Å². The van der Waals surface area contributed by atoms with E-state index in [4.69, 9.17) is 10.8 Å². The van der Waals surface area contributed by atoms with Crippen molar-refractivity contribution in [2.45, 2.75) is 39.0 Å². The summed E-state index contributed by atoms with van der Waals surface area (Å²) in [5, 5.41) is 15.5. The van der Waals surface area contributed by atoms with Crippen molar-refractivity contribution < 1.29 is 9.90 Å². The fourth-order valence-corrected chi connectivity index (χ4v) is 1.89. The number of H-pyrrole nitrogens is 1. The minimum Gasteiger partial charge on any atom is -0.396 e. The molecule has 0 radical (unpaired) electrons. The van der Waals surface area contributed by atoms with E-state index >= 15 is 0 Å². The second kappa shape index (κ2) is 7.13. The van der Waals surface area contributed by atoms with Crippen molar-refractivity contribution in [3.63, 3.8) is 0 Å². The van der Waals surface area contributed by atoms with Gasteiger partial charge in [0.05, 0.1) is 11.4 Å². The van der Waals surface area contributed by atoms with Crippen LogP contribution in [-0.4, -0.2) is 46.3 Å². The lowest BCUT2D eigenvalue weighted by atomic mass is 10.1. The van der Waals surface area contributed by atoms with Crippen LogP contribution in [0.15, 0.2) is 0 Å². The summed E-state index contributed by atoms with van der Waals surface area (Å²) < 4.78 is 0. The molecular formula is C13H24N4O2. The molecule has 0 saturated carbocycles. The van der Waals surface area contributed by atoms with Gasteiger partial charge < -0.3 is 15.7 Å². The zero-order valence-electron chi connectivity index (χ0n) is 11.9. The average Bonchev–Trinajstić information content (AvgIpc) is 2.75. The van der Waals surface area contributed by atoms with Gasteiger partial charge in [0.2, 0.25) is 0 Å². The van der Waals surface area contributed by atoms with Crippen LogP contribution >= 0.6 is 0 Å². The minimum atomic E-state index is -0.162. The molecule has 19 heavy (non-hydrogen) atoms. The third-order valence-corrected chi connectivity index (χ3v) is 3.11. The molecule has 0 bridgehead atoms. The van der Waals surface area contributed by atoms with Gasteiger partial charge in [-0.2, -0.15) is 5.10 Å². The molecule has 0 aliphatic rings. The predicted octanol–water partition coefficient (Wildman–Crippen LogP) is 1.35. The van der Waals surface area contributed by atoms with E-state index in [1.54, 1.807) is 11.9 Å². The largest absolute Gasteiger partial charge is 0.396 e. The van der Waals surface area contributed by atoms with E-state index in [0.29, 0.717) is 17.9 Å². The first-order valence-electron chi connectivity index (χ1n) is 6.69. The lowest BCUT2D eigenvalue weighted by Crippen LogP contribution is -2.28. The number of rotatable bonds is 7. The van der Waals surface area contributed by atoms with Crippen LogP contribution in [0.25, 0.3) is 0 Å². The number of aliphatic hydroxyl groups is 1. The topological polar surface area (TPSA) is 95.2 Å². The van der Waals surface area contributed by atoms with Crippen LogP contribution in [0.4, 0.5) is 5.69 Å². The number of nitrogens with zero attached hydrogens (tertiary/aromatic N) is 2. The Kier molecular flexibility index (Phi) is 5.82. The van der Waals surface area contributed by atoms with Crippen LogP contribution in [0.3, 0.4) is 0 Å². The number of nitrogens with one attached hydrogen (secondary N) is 1. The number of aromatic nitrogens is 2. The summed E-state index contributed by atoms with van der Waals surface area (Å²) in [4.78, 5) is 13.8. The van der Waals surface area contributed by atoms with Gasteiger partial charge in [-0.05, 0) is 25.2 Å². The van der Waals surface area contributed by atoms with Crippen LogP contribution in [0.5, 0.6) is 0 Å². The van der Waals surface area contributed by atoms with E-state index in [1.807, 2.05) is 13.8 Å². The van der Waals surface area contributed by atoms with Gasteiger partial charge in [-0.25, -0.2) is 0 Å². The SMILES string of the molecule is CC(C)c1[nH]nc(C(=O)N(C)CCCCCO)c1N. The first kappa shape index (κ1) is 15.5. The van der Waals surface area contributed by atoms with E-state index < -0.39 is 0 Å². The number of nitrogen functional groups attached to an aromatic ring is 1. The number of hydrogen-bond donors (Lipinski definition) is 3. The number of hydrogen-bond acceptors (Lipinski definition) is 4. The number of aliphatic hydroxyl groups excluding tert-OH is 1. The molecule has 1 aromatic rings. The quantitative estimate of drug-likeness (QED) is 0.650. The molecule has 1 amide bonds. The fraction of sp³-hybridized carbons (Fsp3) is 0.692. The van der Waals surface area contributed by atoms with Gasteiger partial charge in [-0.15, -0.1) is 0 Å². The molecule has 1 rings (SSSR count). The summed E-state index contributed by atoms with van der Waals surface area (Å²) >= 11 is 0. The highest BCUT2D eigenvalue weighted by atomic mass is 16.2. The van der Waals surface area contributed by atoms with E-state index in [0.717, 1.165) is 25.0 Å². The first-order chi connectivity index (χ1) is 8.99. The highest BCUT2D eigenvalue weighted by Crippen LogP contribution is 2.22. The van der Waals surface area contributed by atoms with Crippen LogP contribution in [0, 0.1) is 0 Å². The molecule has 0 aliphatic heterocycles. The summed E-state index contributed by atoms with van der Waals surface area (Å²) in [6.45, 7) is 4.83. The Labute approximate surface area is 114 Å². The summed E-state index contributed by atoms with van der Waals surface area (Å²) in [6.07, 6.45) is 2.54. The Bertz CT molecular complexity index is 415. The number of nitrogens with two attached hydrogens (primary N) is 1. The van der Waals surface area contributed by atoms with Crippen LogP contribution in [0.1, 0.15) is 55.2 Å². The molecule has 0 unspecified atom stereocenters. The van der Waals surface area contributed by atoms with E-state index in [1.165, 1.54) is 0 Å². The van der Waals surface area contributed by atoms with Crippen molar-refractivity contribution in [2.24, 2.45) is 0 Å². The van der Waals surface area contributed by atoms with E-state index in [2.05, 4.69) is 10.2 Å². The highest BCUT2D eigenvalue weighted by molar-refractivity contribution is 5.97. The number of aromatic amines is 1. The second-order valence-corrected chi connectivity index (χ2v) is 5.07. The van der Waals surface area contributed by atoms with E-state index in [9.17, 15) is 4.79 Å². The van der Waals surface area contributed by atoms with Gasteiger partial charge in [0.15, 0.2) is 5.69 Å². The number of unbranched alkanes of at least 4 members (excludes halogenated alkanes) is 2. The van der Waals surface area contributed by atoms with Gasteiger partial charge in [0, 0.05) is 20.2 Å². The molecule has 0 atom stereocenters. The molecule has 0 aromatic carbocycles. The van der Waals surface area contributed by atoms with Gasteiger partial charge in [0.25, 0.3) is 5.91 Å². The van der Waals surface area contributed by atoms with Crippen LogP contribution in [0.2, 0.25) is 0 Å². The molecule has 1 aromatic heterocycles. The summed E-state index contributed by atoms with van der Waals surface area (Å²) in [7, 11) is 1.74. The average molecular weight is 268 g/mol. The predicted molar refractivity (Wildman–Crippen MR) is 75.0 cm³/mol. The van der Waals surface area contributed by atoms with Crippen molar-refractivity contribution in [2.75, 3.05) is 25.9 Å². The lowest BCUT2D eigenvalue weighted by molar-refractivity contribution is 0.0787. The first-order valence-corrected chi connectivity index (χ1v) is 6.69. The Hall–Kier alpha value is -1.56. The smallest absolute Gasteiger partial charge is 0.276 e. The molecule has 0 saturated heterocycles. The monoisotopic (exact) mass is 268 g/mol. The van der Waals surface area contributed by atoms with Crippen molar-refractivity contribution in [3.8, 4) is 0 Å². The third kappa shape index (κ3) is 3.96. The highest BCUT2D eigenvalue weighted by Gasteiger charge is 2.21. The maximum atomic E-state index is 12.2. The molecule has 108 valence electrons. The number of carbonyl (C=O) groups excluding carboxylic acids is 1. The molecule has 0 fully saturated rings. The number of carbonyl (C=O) groups is 1. The standard InChI is InChI=1S/C13H24N4O2/c1-9(2)11-10(14)12(16-15-11)13(19)17(3)7-5-4-6-8-18/h9,18H,4-8,14H2,1-3H3,(H,15,16). The molecular weight excluding hydrogens is 244 g/mol. The normalized spacial score (nSPS) is 11.0. The van der Waals surface area contributed by atoms with E-state index in [-0.39, 0.29) is 18.4 Å². The summed E-state index contributed by atoms with van der Waals surface area (Å²) in [5.74, 6) is 0.0496. The summed E-state index contributed by atoms with van der Waals surface area (Å²) in [6, 6.07) is 0. The van der Waals surface area contributed by atoms with Crippen molar-refractivity contribution in [3.05, 3.63) is 11.4 Å². The molecule has 4 N–H and O–H groups in total. The second-order valence-electron chi connectivity index (χ2n) is 5.07. The Morgan fingerprint density at radius 3 is 2.63 bits per heavy atom. The number of anilines is 1. The van der Waals surface area contributed by atoms with Gasteiger partial charge in [0.1, 0.15) is 0 Å². The Balaban J connectivity index is 2.62. The number of amides is 1. The summed E-state index contributed by atoms with van der Waals surface area (Å²) in [5.41, 5.74) is 7.49. The zero-order chi connectivity index (χ0) is 14.4. The lowest BCUT2D eigenvalue weighted by Gasteiger charge is -2.16. The fourth-order valence-electron chi connectivity index (χ4n) is 1.89. The maximum absolute atomic E-state index is 12.2. The maximum Gasteiger partial charge on any atom is 0.276 e. The Morgan fingerprint density at radius 2 is 2.11 bits per heavy atom. The molecule has 6 heteroatoms. The van der Waals surface area contributed by atoms with Gasteiger partial charge in [-0.3, -0.25) is 9.89 Å². The van der Waals surface area contributed by atoms with Crippen molar-refractivity contribution in [1.29, 1.82) is 0 Å². The molecule has 0 spiro atoms. The van der Waals surface area contributed by atoms with Crippen LogP contribution in [-0.2, 0) is 0 Å². The van der Waals surface area contributed by atoms with Gasteiger partial charge in [-0.1, -0.05) is 13.8 Å². The molecule has 0 aliphatic carbocycles. The molecule has 1 heterocycles. The van der Waals surface area contributed by atoms with Gasteiger partial charge >= 0.3 is 0 Å².